The highest BCUT2D eigenvalue weighted by atomic mass is 16.1. The first-order valence-corrected chi connectivity index (χ1v) is 5.37. The van der Waals surface area contributed by atoms with Crippen LogP contribution in [-0.4, -0.2) is 5.78 Å². The van der Waals surface area contributed by atoms with Crippen molar-refractivity contribution in [2.45, 2.75) is 6.42 Å². The number of benzene rings is 2. The number of hydrogen-bond donors (Lipinski definition) is 0. The Balaban J connectivity index is 2.24. The normalized spacial score (nSPS) is 9.59. The van der Waals surface area contributed by atoms with Crippen molar-refractivity contribution < 1.29 is 4.79 Å². The van der Waals surface area contributed by atoms with Crippen LogP contribution in [0.3, 0.4) is 0 Å². The van der Waals surface area contributed by atoms with Gasteiger partial charge in [0.2, 0.25) is 0 Å². The van der Waals surface area contributed by atoms with Crippen molar-refractivity contribution >= 4 is 5.78 Å². The molecule has 0 aliphatic rings. The summed E-state index contributed by atoms with van der Waals surface area (Å²) >= 11 is 0. The lowest BCUT2D eigenvalue weighted by atomic mass is 10.0. The number of carbonyl (C=O) groups is 1. The van der Waals surface area contributed by atoms with Gasteiger partial charge in [0.05, 0.1) is 12.5 Å². The third-order valence-corrected chi connectivity index (χ3v) is 2.54. The third kappa shape index (κ3) is 2.59. The third-order valence-electron chi connectivity index (χ3n) is 2.54. The summed E-state index contributed by atoms with van der Waals surface area (Å²) in [5.74, 6) is 0.00843. The topological polar surface area (TPSA) is 40.9 Å². The second-order valence-electron chi connectivity index (χ2n) is 3.73. The molecule has 0 fully saturated rings. The predicted molar refractivity (Wildman–Crippen MR) is 65.6 cm³/mol. The van der Waals surface area contributed by atoms with Crippen LogP contribution >= 0.6 is 0 Å². The zero-order chi connectivity index (χ0) is 12.1. The monoisotopic (exact) mass is 221 g/mol. The summed E-state index contributed by atoms with van der Waals surface area (Å²) in [6.45, 7) is 0. The van der Waals surface area contributed by atoms with Crippen molar-refractivity contribution in [2.24, 2.45) is 0 Å². The molecule has 82 valence electrons. The molecule has 0 unspecified atom stereocenters. The van der Waals surface area contributed by atoms with Gasteiger partial charge in [0, 0.05) is 11.1 Å². The molecule has 0 N–H and O–H groups in total. The van der Waals surface area contributed by atoms with E-state index in [9.17, 15) is 4.79 Å². The summed E-state index contributed by atoms with van der Waals surface area (Å²) in [6, 6.07) is 18.4. The minimum atomic E-state index is 0.00843. The van der Waals surface area contributed by atoms with Gasteiger partial charge < -0.3 is 0 Å². The molecule has 0 radical (unpaired) electrons. The van der Waals surface area contributed by atoms with Crippen molar-refractivity contribution in [3.8, 4) is 6.07 Å². The lowest BCUT2D eigenvalue weighted by Gasteiger charge is -2.01. The van der Waals surface area contributed by atoms with Gasteiger partial charge in [-0.05, 0) is 5.56 Å². The lowest BCUT2D eigenvalue weighted by Crippen LogP contribution is -2.00. The zero-order valence-electron chi connectivity index (χ0n) is 9.26. The molecule has 2 heteroatoms. The number of rotatable bonds is 3. The van der Waals surface area contributed by atoms with Gasteiger partial charge in [0.1, 0.15) is 0 Å². The highest BCUT2D eigenvalue weighted by molar-refractivity contribution is 6.08. The highest BCUT2D eigenvalue weighted by Gasteiger charge is 2.07. The van der Waals surface area contributed by atoms with Gasteiger partial charge in [-0.2, -0.15) is 5.26 Å². The van der Waals surface area contributed by atoms with E-state index < -0.39 is 0 Å². The summed E-state index contributed by atoms with van der Waals surface area (Å²) in [6.07, 6.45) is 0.375. The molecule has 2 nitrogen and oxygen atoms in total. The molecule has 0 spiro atoms. The van der Waals surface area contributed by atoms with Gasteiger partial charge in [-0.25, -0.2) is 0 Å². The number of nitrogens with zero attached hydrogens (tertiary/aromatic N) is 1. The molecule has 0 amide bonds. The quantitative estimate of drug-likeness (QED) is 0.747. The minimum absolute atomic E-state index is 0.00843. The fraction of sp³-hybridized carbons (Fsp3) is 0.0667. The Morgan fingerprint density at radius 1 is 0.941 bits per heavy atom. The summed E-state index contributed by atoms with van der Waals surface area (Å²) < 4.78 is 0. The number of ketones is 1. The van der Waals surface area contributed by atoms with Crippen LogP contribution in [0.5, 0.6) is 0 Å². The molecule has 0 saturated heterocycles. The van der Waals surface area contributed by atoms with Crippen LogP contribution in [-0.2, 0) is 6.42 Å². The van der Waals surface area contributed by atoms with E-state index in [0.717, 1.165) is 5.56 Å². The van der Waals surface area contributed by atoms with E-state index in [1.165, 1.54) is 0 Å². The molecule has 0 saturated carbocycles. The molecule has 0 aliphatic carbocycles. The SMILES string of the molecule is N#CCc1ccc(C(=O)c2ccccc2)cc1. The molecule has 2 aromatic carbocycles. The van der Waals surface area contributed by atoms with E-state index >= 15 is 0 Å². The van der Waals surface area contributed by atoms with Crippen LogP contribution in [0.4, 0.5) is 0 Å². The molecular formula is C15H11NO. The van der Waals surface area contributed by atoms with E-state index in [0.29, 0.717) is 17.5 Å². The lowest BCUT2D eigenvalue weighted by molar-refractivity contribution is 0.103. The van der Waals surface area contributed by atoms with Crippen molar-refractivity contribution in [3.63, 3.8) is 0 Å². The van der Waals surface area contributed by atoms with Crippen LogP contribution in [0, 0.1) is 11.3 Å². The molecule has 0 bridgehead atoms. The smallest absolute Gasteiger partial charge is 0.193 e. The van der Waals surface area contributed by atoms with Crippen LogP contribution in [0.25, 0.3) is 0 Å². The van der Waals surface area contributed by atoms with Gasteiger partial charge in [0.15, 0.2) is 5.78 Å². The number of carbonyl (C=O) groups excluding carboxylic acids is 1. The van der Waals surface area contributed by atoms with Gasteiger partial charge in [-0.15, -0.1) is 0 Å². The minimum Gasteiger partial charge on any atom is -0.289 e. The first-order valence-electron chi connectivity index (χ1n) is 5.37. The molecule has 17 heavy (non-hydrogen) atoms. The standard InChI is InChI=1S/C15H11NO/c16-11-10-12-6-8-14(9-7-12)15(17)13-4-2-1-3-5-13/h1-9H,10H2. The molecular weight excluding hydrogens is 210 g/mol. The molecule has 2 rings (SSSR count). The van der Waals surface area contributed by atoms with Gasteiger partial charge in [0.25, 0.3) is 0 Å². The van der Waals surface area contributed by atoms with Crippen LogP contribution in [0.15, 0.2) is 54.6 Å². The molecule has 0 aromatic heterocycles. The number of nitriles is 1. The van der Waals surface area contributed by atoms with Crippen LogP contribution < -0.4 is 0 Å². The predicted octanol–water partition coefficient (Wildman–Crippen LogP) is 2.98. The average molecular weight is 221 g/mol. The average Bonchev–Trinajstić information content (AvgIpc) is 2.40. The maximum atomic E-state index is 12.1. The van der Waals surface area contributed by atoms with Crippen molar-refractivity contribution in [3.05, 3.63) is 71.3 Å². The Morgan fingerprint density at radius 3 is 2.12 bits per heavy atom. The first-order chi connectivity index (χ1) is 8.31. The first kappa shape index (κ1) is 11.1. The maximum absolute atomic E-state index is 12.1. The van der Waals surface area contributed by atoms with Crippen LogP contribution in [0.2, 0.25) is 0 Å². The summed E-state index contributed by atoms with van der Waals surface area (Å²) in [5.41, 5.74) is 2.26. The summed E-state index contributed by atoms with van der Waals surface area (Å²) in [7, 11) is 0. The summed E-state index contributed by atoms with van der Waals surface area (Å²) in [4.78, 5) is 12.1. The Morgan fingerprint density at radius 2 is 1.53 bits per heavy atom. The fourth-order valence-electron chi connectivity index (χ4n) is 1.62. The van der Waals surface area contributed by atoms with Crippen LogP contribution in [0.1, 0.15) is 21.5 Å². The molecule has 0 heterocycles. The fourth-order valence-corrected chi connectivity index (χ4v) is 1.62. The Bertz CT molecular complexity index is 550. The maximum Gasteiger partial charge on any atom is 0.193 e. The largest absolute Gasteiger partial charge is 0.289 e. The van der Waals surface area contributed by atoms with Crippen molar-refractivity contribution in [2.75, 3.05) is 0 Å². The molecule has 2 aromatic rings. The van der Waals surface area contributed by atoms with Gasteiger partial charge in [-0.1, -0.05) is 54.6 Å². The van der Waals surface area contributed by atoms with Gasteiger partial charge in [-0.3, -0.25) is 4.79 Å². The van der Waals surface area contributed by atoms with Gasteiger partial charge >= 0.3 is 0 Å². The second-order valence-corrected chi connectivity index (χ2v) is 3.73. The summed E-state index contributed by atoms with van der Waals surface area (Å²) in [5, 5.41) is 8.56. The van der Waals surface area contributed by atoms with E-state index in [-0.39, 0.29) is 5.78 Å². The van der Waals surface area contributed by atoms with Crippen molar-refractivity contribution in [1.29, 1.82) is 5.26 Å². The number of hydrogen-bond acceptors (Lipinski definition) is 2. The zero-order valence-corrected chi connectivity index (χ0v) is 9.26. The Labute approximate surface area is 100 Å². The van der Waals surface area contributed by atoms with E-state index in [2.05, 4.69) is 6.07 Å². The Kier molecular flexibility index (Phi) is 3.32. The van der Waals surface area contributed by atoms with Crippen molar-refractivity contribution in [1.82, 2.24) is 0 Å². The van der Waals surface area contributed by atoms with E-state index in [1.54, 1.807) is 24.3 Å². The Hall–Kier alpha value is -2.40. The highest BCUT2D eigenvalue weighted by Crippen LogP contribution is 2.11. The van der Waals surface area contributed by atoms with E-state index in [4.69, 9.17) is 5.26 Å². The molecule has 0 aliphatic heterocycles. The van der Waals surface area contributed by atoms with E-state index in [1.807, 2.05) is 30.3 Å². The second kappa shape index (κ2) is 5.09. The molecule has 0 atom stereocenters.